The van der Waals surface area contributed by atoms with E-state index in [4.69, 9.17) is 21.4 Å². The number of hydrogen-bond acceptors (Lipinski definition) is 4. The third-order valence-electron chi connectivity index (χ3n) is 5.19. The molecule has 1 aromatic carbocycles. The number of fused-ring (bicyclic) bond motifs is 1. The molecule has 0 saturated carbocycles. The quantitative estimate of drug-likeness (QED) is 0.509. The van der Waals surface area contributed by atoms with Crippen molar-refractivity contribution < 1.29 is 13.9 Å². The Kier molecular flexibility index (Phi) is 5.47. The van der Waals surface area contributed by atoms with E-state index in [1.165, 1.54) is 6.07 Å². The number of halogens is 2. The molecular formula is C23H24ClFN4O2. The summed E-state index contributed by atoms with van der Waals surface area (Å²) in [5.74, 6) is -0.449. The van der Waals surface area contributed by atoms with Gasteiger partial charge in [0, 0.05) is 35.1 Å². The van der Waals surface area contributed by atoms with E-state index in [1.54, 1.807) is 29.4 Å². The first-order valence-corrected chi connectivity index (χ1v) is 10.5. The first kappa shape index (κ1) is 21.3. The van der Waals surface area contributed by atoms with Crippen LogP contribution >= 0.6 is 11.6 Å². The van der Waals surface area contributed by atoms with Gasteiger partial charge in [-0.15, -0.1) is 0 Å². The molecule has 2 aromatic heterocycles. The second kappa shape index (κ2) is 7.96. The highest BCUT2D eigenvalue weighted by Gasteiger charge is 2.36. The molecule has 0 aliphatic carbocycles. The van der Waals surface area contributed by atoms with Gasteiger partial charge in [0.1, 0.15) is 17.1 Å². The van der Waals surface area contributed by atoms with Crippen molar-refractivity contribution in [2.75, 3.05) is 6.54 Å². The van der Waals surface area contributed by atoms with Crippen LogP contribution in [0.25, 0.3) is 22.4 Å². The van der Waals surface area contributed by atoms with E-state index in [0.717, 1.165) is 16.8 Å². The summed E-state index contributed by atoms with van der Waals surface area (Å²) < 4.78 is 22.3. The van der Waals surface area contributed by atoms with Crippen LogP contribution in [0.1, 0.15) is 39.4 Å². The van der Waals surface area contributed by atoms with Gasteiger partial charge in [0.05, 0.1) is 18.3 Å². The van der Waals surface area contributed by atoms with E-state index in [2.05, 4.69) is 4.98 Å². The zero-order chi connectivity index (χ0) is 22.3. The molecule has 0 unspecified atom stereocenters. The fourth-order valence-corrected chi connectivity index (χ4v) is 4.02. The molecule has 4 rings (SSSR count). The minimum absolute atomic E-state index is 0.316. The predicted octanol–water partition coefficient (Wildman–Crippen LogP) is 5.72. The van der Waals surface area contributed by atoms with Gasteiger partial charge >= 0.3 is 6.09 Å². The number of pyridine rings is 1. The topological polar surface area (TPSA) is 60.2 Å². The van der Waals surface area contributed by atoms with Gasteiger partial charge in [-0.05, 0) is 63.6 Å². The summed E-state index contributed by atoms with van der Waals surface area (Å²) in [5.41, 5.74) is 2.71. The third-order valence-corrected chi connectivity index (χ3v) is 5.43. The molecular weight excluding hydrogens is 419 g/mol. The van der Waals surface area contributed by atoms with Gasteiger partial charge in [-0.25, -0.2) is 9.18 Å². The summed E-state index contributed by atoms with van der Waals surface area (Å²) in [6.07, 6.45) is 2.98. The summed E-state index contributed by atoms with van der Waals surface area (Å²) in [5, 5.41) is 5.06. The zero-order valence-corrected chi connectivity index (χ0v) is 18.7. The van der Waals surface area contributed by atoms with Crippen LogP contribution in [0.3, 0.4) is 0 Å². The van der Waals surface area contributed by atoms with Crippen LogP contribution in [0.5, 0.6) is 0 Å². The van der Waals surface area contributed by atoms with Crippen LogP contribution in [0, 0.1) is 5.82 Å². The van der Waals surface area contributed by atoms with E-state index in [0.29, 0.717) is 29.4 Å². The van der Waals surface area contributed by atoms with Crippen LogP contribution in [0.4, 0.5) is 9.18 Å². The average molecular weight is 443 g/mol. The Labute approximate surface area is 185 Å². The molecule has 1 aliphatic heterocycles. The molecule has 1 atom stereocenters. The minimum atomic E-state index is -0.597. The summed E-state index contributed by atoms with van der Waals surface area (Å²) in [6.45, 7) is 8.38. The molecule has 1 aliphatic rings. The van der Waals surface area contributed by atoms with E-state index >= 15 is 0 Å². The zero-order valence-electron chi connectivity index (χ0n) is 17.9. The molecule has 0 saturated heterocycles. The number of rotatable bonds is 2. The molecule has 3 heterocycles. The molecule has 0 radical (unpaired) electrons. The average Bonchev–Trinajstić information content (AvgIpc) is 3.07. The van der Waals surface area contributed by atoms with Crippen molar-refractivity contribution in [1.82, 2.24) is 19.7 Å². The van der Waals surface area contributed by atoms with Gasteiger partial charge in [-0.1, -0.05) is 11.6 Å². The van der Waals surface area contributed by atoms with Crippen molar-refractivity contribution in [3.05, 3.63) is 59.3 Å². The van der Waals surface area contributed by atoms with Crippen LogP contribution in [-0.4, -0.2) is 37.9 Å². The standard InChI is InChI=1S/C23H24ClFN4O2/c1-14-21-19(15-7-9-26-10-8-15)20(17-6-5-16(24)13-18(17)25)27-29(21)12-11-28(14)22(30)31-23(2,3)4/h5-10,13-14H,11-12H2,1-4H3/t14-/m1/s1. The lowest BCUT2D eigenvalue weighted by Gasteiger charge is -2.35. The molecule has 6 nitrogen and oxygen atoms in total. The fraction of sp³-hybridized carbons (Fsp3) is 0.348. The Morgan fingerprint density at radius 2 is 1.90 bits per heavy atom. The number of aromatic nitrogens is 3. The van der Waals surface area contributed by atoms with E-state index in [-0.39, 0.29) is 12.1 Å². The number of amides is 1. The monoisotopic (exact) mass is 442 g/mol. The Hall–Kier alpha value is -2.93. The van der Waals surface area contributed by atoms with Gasteiger partial charge in [0.15, 0.2) is 0 Å². The number of nitrogens with zero attached hydrogens (tertiary/aromatic N) is 4. The van der Waals surface area contributed by atoms with Crippen molar-refractivity contribution in [3.8, 4) is 22.4 Å². The van der Waals surface area contributed by atoms with Crippen molar-refractivity contribution in [2.24, 2.45) is 0 Å². The van der Waals surface area contributed by atoms with Gasteiger partial charge in [-0.2, -0.15) is 5.10 Å². The molecule has 1 amide bonds. The number of ether oxygens (including phenoxy) is 1. The van der Waals surface area contributed by atoms with Gasteiger partial charge < -0.3 is 4.74 Å². The fourth-order valence-electron chi connectivity index (χ4n) is 3.86. The summed E-state index contributed by atoms with van der Waals surface area (Å²) in [7, 11) is 0. The van der Waals surface area contributed by atoms with Crippen LogP contribution in [-0.2, 0) is 11.3 Å². The molecule has 8 heteroatoms. The summed E-state index contributed by atoms with van der Waals surface area (Å²) in [6, 6.07) is 7.95. The van der Waals surface area contributed by atoms with Crippen LogP contribution in [0.15, 0.2) is 42.7 Å². The highest BCUT2D eigenvalue weighted by atomic mass is 35.5. The van der Waals surface area contributed by atoms with Crippen molar-refractivity contribution in [1.29, 1.82) is 0 Å². The number of carbonyl (C=O) groups is 1. The van der Waals surface area contributed by atoms with Crippen molar-refractivity contribution >= 4 is 17.7 Å². The highest BCUT2D eigenvalue weighted by molar-refractivity contribution is 6.30. The maximum Gasteiger partial charge on any atom is 0.410 e. The van der Waals surface area contributed by atoms with Gasteiger partial charge in [-0.3, -0.25) is 14.6 Å². The van der Waals surface area contributed by atoms with Crippen LogP contribution in [0.2, 0.25) is 5.02 Å². The van der Waals surface area contributed by atoms with Crippen molar-refractivity contribution in [3.63, 3.8) is 0 Å². The number of carbonyl (C=O) groups excluding carboxylic acids is 1. The SMILES string of the molecule is C[C@@H]1c2c(-c3ccncc3)c(-c3ccc(Cl)cc3F)nn2CCN1C(=O)OC(C)(C)C. The predicted molar refractivity (Wildman–Crippen MR) is 117 cm³/mol. The largest absolute Gasteiger partial charge is 0.444 e. The molecule has 0 fully saturated rings. The lowest BCUT2D eigenvalue weighted by Crippen LogP contribution is -2.43. The molecule has 0 spiro atoms. The molecule has 0 bridgehead atoms. The Morgan fingerprint density at radius 1 is 1.19 bits per heavy atom. The maximum atomic E-state index is 14.9. The first-order valence-electron chi connectivity index (χ1n) is 10.1. The lowest BCUT2D eigenvalue weighted by molar-refractivity contribution is 0.0121. The highest BCUT2D eigenvalue weighted by Crippen LogP contribution is 2.41. The third kappa shape index (κ3) is 4.14. The van der Waals surface area contributed by atoms with E-state index in [9.17, 15) is 9.18 Å². The minimum Gasteiger partial charge on any atom is -0.444 e. The second-order valence-corrected chi connectivity index (χ2v) is 8.98. The Balaban J connectivity index is 1.86. The van der Waals surface area contributed by atoms with Gasteiger partial charge in [0.2, 0.25) is 0 Å². The maximum absolute atomic E-state index is 14.9. The Morgan fingerprint density at radius 3 is 2.55 bits per heavy atom. The van der Waals surface area contributed by atoms with E-state index in [1.807, 2.05) is 44.5 Å². The normalized spacial score (nSPS) is 16.2. The van der Waals surface area contributed by atoms with Gasteiger partial charge in [0.25, 0.3) is 0 Å². The summed E-state index contributed by atoms with van der Waals surface area (Å²) >= 11 is 5.96. The Bertz CT molecular complexity index is 1120. The van der Waals surface area contributed by atoms with Crippen molar-refractivity contribution in [2.45, 2.75) is 45.9 Å². The lowest BCUT2D eigenvalue weighted by atomic mass is 9.96. The van der Waals surface area contributed by atoms with E-state index < -0.39 is 11.4 Å². The molecule has 3 aromatic rings. The summed E-state index contributed by atoms with van der Waals surface area (Å²) in [4.78, 5) is 18.6. The molecule has 31 heavy (non-hydrogen) atoms. The number of benzene rings is 1. The molecule has 0 N–H and O–H groups in total. The second-order valence-electron chi connectivity index (χ2n) is 8.54. The smallest absolute Gasteiger partial charge is 0.410 e. The molecule has 162 valence electrons. The number of hydrogen-bond donors (Lipinski definition) is 0. The van der Waals surface area contributed by atoms with Crippen LogP contribution < -0.4 is 0 Å². The first-order chi connectivity index (χ1) is 14.7.